The van der Waals surface area contributed by atoms with Gasteiger partial charge in [0.25, 0.3) is 0 Å². The van der Waals surface area contributed by atoms with Crippen LogP contribution < -0.4 is 0 Å². The van der Waals surface area contributed by atoms with E-state index < -0.39 is 0 Å². The molecule has 1 heterocycles. The number of benzene rings is 2. The molecule has 0 saturated carbocycles. The monoisotopic (exact) mass is 307 g/mol. The van der Waals surface area contributed by atoms with Crippen LogP contribution in [0.4, 0.5) is 0 Å². The number of carbonyl (C=O) groups excluding carboxylic acids is 2. The van der Waals surface area contributed by atoms with Gasteiger partial charge in [-0.05, 0) is 23.6 Å². The van der Waals surface area contributed by atoms with E-state index in [1.54, 1.807) is 6.20 Å². The van der Waals surface area contributed by atoms with E-state index in [2.05, 4.69) is 43.1 Å². The molecule has 4 nitrogen and oxygen atoms in total. The van der Waals surface area contributed by atoms with Gasteiger partial charge in [-0.2, -0.15) is 9.59 Å². The second-order valence-electron chi connectivity index (χ2n) is 5.26. The zero-order chi connectivity index (χ0) is 16.7. The highest BCUT2D eigenvalue weighted by atomic mass is 16.4. The van der Waals surface area contributed by atoms with Gasteiger partial charge in [0.05, 0.1) is 6.20 Å². The molecule has 0 saturated heterocycles. The predicted octanol–water partition coefficient (Wildman–Crippen LogP) is 4.55. The minimum atomic E-state index is 0.250. The van der Waals surface area contributed by atoms with Gasteiger partial charge in [0.15, 0.2) is 5.76 Å². The van der Waals surface area contributed by atoms with Crippen molar-refractivity contribution in [2.24, 2.45) is 0 Å². The van der Waals surface area contributed by atoms with Crippen molar-refractivity contribution >= 4 is 6.15 Å². The Morgan fingerprint density at radius 1 is 0.913 bits per heavy atom. The maximum atomic E-state index is 8.12. The fourth-order valence-electron chi connectivity index (χ4n) is 2.15. The minimum Gasteiger partial charge on any atom is -0.436 e. The van der Waals surface area contributed by atoms with Crippen LogP contribution in [0, 0.1) is 0 Å². The van der Waals surface area contributed by atoms with Gasteiger partial charge >= 0.3 is 6.15 Å². The van der Waals surface area contributed by atoms with Gasteiger partial charge in [-0.1, -0.05) is 56.3 Å². The fourth-order valence-corrected chi connectivity index (χ4v) is 2.15. The molecule has 0 amide bonds. The molecule has 116 valence electrons. The maximum Gasteiger partial charge on any atom is 0.373 e. The first-order valence-electron chi connectivity index (χ1n) is 7.26. The Hall–Kier alpha value is -2.97. The molecule has 2 aromatic carbocycles. The molecule has 23 heavy (non-hydrogen) atoms. The Morgan fingerprint density at radius 3 is 2.09 bits per heavy atom. The molecule has 3 aromatic rings. The normalized spacial score (nSPS) is 9.87. The Balaban J connectivity index is 0.000000595. The topological polar surface area (TPSA) is 60.2 Å². The summed E-state index contributed by atoms with van der Waals surface area (Å²) in [6.07, 6.45) is 2.03. The molecule has 1 aromatic heterocycles. The third-order valence-corrected chi connectivity index (χ3v) is 3.39. The lowest BCUT2D eigenvalue weighted by Gasteiger charge is -2.04. The number of oxazole rings is 1. The summed E-state index contributed by atoms with van der Waals surface area (Å²) in [5.41, 5.74) is 3.38. The molecule has 4 heteroatoms. The highest BCUT2D eigenvalue weighted by molar-refractivity contribution is 5.61. The van der Waals surface area contributed by atoms with Crippen molar-refractivity contribution < 1.29 is 14.0 Å². The van der Waals surface area contributed by atoms with Crippen LogP contribution in [0.15, 0.2) is 65.2 Å². The minimum absolute atomic E-state index is 0.250. The molecule has 0 fully saturated rings. The Kier molecular flexibility index (Phi) is 5.61. The van der Waals surface area contributed by atoms with Gasteiger partial charge in [0.2, 0.25) is 5.89 Å². The molecule has 0 aliphatic rings. The van der Waals surface area contributed by atoms with Gasteiger partial charge in [-0.15, -0.1) is 0 Å². The molecule has 0 spiro atoms. The second-order valence-corrected chi connectivity index (χ2v) is 5.26. The number of nitrogens with zero attached hydrogens (tertiary/aromatic N) is 1. The lowest BCUT2D eigenvalue weighted by atomic mass is 10.0. The zero-order valence-corrected chi connectivity index (χ0v) is 13.0. The molecule has 0 N–H and O–H groups in total. The predicted molar refractivity (Wildman–Crippen MR) is 86.5 cm³/mol. The summed E-state index contributed by atoms with van der Waals surface area (Å²) in [5.74, 6) is 2.00. The van der Waals surface area contributed by atoms with Gasteiger partial charge in [-0.25, -0.2) is 4.98 Å². The average Bonchev–Trinajstić information content (AvgIpc) is 3.06. The number of aromatic nitrogens is 1. The van der Waals surface area contributed by atoms with E-state index in [-0.39, 0.29) is 6.15 Å². The van der Waals surface area contributed by atoms with Crippen LogP contribution >= 0.6 is 0 Å². The maximum absolute atomic E-state index is 8.12. The highest BCUT2D eigenvalue weighted by Crippen LogP contribution is 2.26. The third-order valence-electron chi connectivity index (χ3n) is 3.39. The smallest absolute Gasteiger partial charge is 0.373 e. The van der Waals surface area contributed by atoms with Crippen molar-refractivity contribution in [2.45, 2.75) is 19.8 Å². The van der Waals surface area contributed by atoms with Gasteiger partial charge < -0.3 is 4.42 Å². The molecule has 0 aliphatic carbocycles. The summed E-state index contributed by atoms with van der Waals surface area (Å²) in [4.78, 5) is 20.6. The van der Waals surface area contributed by atoms with E-state index in [0.717, 1.165) is 16.9 Å². The summed E-state index contributed by atoms with van der Waals surface area (Å²) < 4.78 is 5.84. The van der Waals surface area contributed by atoms with Crippen LogP contribution in [-0.4, -0.2) is 11.1 Å². The first-order chi connectivity index (χ1) is 11.2. The summed E-state index contributed by atoms with van der Waals surface area (Å²) in [5, 5.41) is 0. The first kappa shape index (κ1) is 16.4. The molecular formula is C19H17NO3. The summed E-state index contributed by atoms with van der Waals surface area (Å²) >= 11 is 0. The molecular weight excluding hydrogens is 290 g/mol. The van der Waals surface area contributed by atoms with Gasteiger partial charge in [0.1, 0.15) is 0 Å². The van der Waals surface area contributed by atoms with E-state index in [1.165, 1.54) is 5.56 Å². The zero-order valence-electron chi connectivity index (χ0n) is 13.0. The van der Waals surface area contributed by atoms with Crippen molar-refractivity contribution in [3.63, 3.8) is 0 Å². The number of hydrogen-bond acceptors (Lipinski definition) is 4. The highest BCUT2D eigenvalue weighted by Gasteiger charge is 2.08. The van der Waals surface area contributed by atoms with Crippen LogP contribution in [0.1, 0.15) is 25.3 Å². The van der Waals surface area contributed by atoms with E-state index in [9.17, 15) is 0 Å². The van der Waals surface area contributed by atoms with E-state index in [4.69, 9.17) is 14.0 Å². The standard InChI is InChI=1S/C18H17NO.CO2/c1-13(2)14-8-10-16(11-9-14)18-19-12-17(20-18)15-6-4-3-5-7-15;2-1-3/h3-13H,1-2H3;. The van der Waals surface area contributed by atoms with Crippen LogP contribution in [0.5, 0.6) is 0 Å². The van der Waals surface area contributed by atoms with E-state index in [1.807, 2.05) is 30.3 Å². The second kappa shape index (κ2) is 7.87. The largest absolute Gasteiger partial charge is 0.436 e. The van der Waals surface area contributed by atoms with E-state index >= 15 is 0 Å². The van der Waals surface area contributed by atoms with Crippen molar-refractivity contribution in [2.75, 3.05) is 0 Å². The molecule has 0 bridgehead atoms. The van der Waals surface area contributed by atoms with Crippen LogP contribution in [0.3, 0.4) is 0 Å². The summed E-state index contributed by atoms with van der Waals surface area (Å²) in [7, 11) is 0. The summed E-state index contributed by atoms with van der Waals surface area (Å²) in [6, 6.07) is 18.4. The van der Waals surface area contributed by atoms with Crippen molar-refractivity contribution in [3.8, 4) is 22.8 Å². The number of rotatable bonds is 3. The van der Waals surface area contributed by atoms with Crippen molar-refractivity contribution in [1.82, 2.24) is 4.98 Å². The van der Waals surface area contributed by atoms with Crippen LogP contribution in [0.25, 0.3) is 22.8 Å². The van der Waals surface area contributed by atoms with Gasteiger partial charge in [0, 0.05) is 11.1 Å². The van der Waals surface area contributed by atoms with Crippen molar-refractivity contribution in [3.05, 3.63) is 66.4 Å². The van der Waals surface area contributed by atoms with Gasteiger partial charge in [-0.3, -0.25) is 0 Å². The van der Waals surface area contributed by atoms with E-state index in [0.29, 0.717) is 11.8 Å². The van der Waals surface area contributed by atoms with Crippen LogP contribution in [0.2, 0.25) is 0 Å². The molecule has 0 aliphatic heterocycles. The molecule has 3 rings (SSSR count). The Labute approximate surface area is 134 Å². The third kappa shape index (κ3) is 4.25. The molecule has 0 radical (unpaired) electrons. The average molecular weight is 307 g/mol. The Bertz CT molecular complexity index is 768. The lowest BCUT2D eigenvalue weighted by molar-refractivity contribution is -0.191. The van der Waals surface area contributed by atoms with Crippen LogP contribution in [-0.2, 0) is 9.59 Å². The van der Waals surface area contributed by atoms with Crippen molar-refractivity contribution in [1.29, 1.82) is 0 Å². The molecule has 0 unspecified atom stereocenters. The fraction of sp³-hybridized carbons (Fsp3) is 0.158. The SMILES string of the molecule is CC(C)c1ccc(-c2ncc(-c3ccccc3)o2)cc1.O=C=O. The Morgan fingerprint density at radius 2 is 1.52 bits per heavy atom. The number of hydrogen-bond donors (Lipinski definition) is 0. The molecule has 0 atom stereocenters. The quantitative estimate of drug-likeness (QED) is 0.712. The first-order valence-corrected chi connectivity index (χ1v) is 7.26. The lowest BCUT2D eigenvalue weighted by Crippen LogP contribution is -1.86. The summed E-state index contributed by atoms with van der Waals surface area (Å²) in [6.45, 7) is 4.38.